The fourth-order valence-electron chi connectivity index (χ4n) is 2.00. The van der Waals surface area contributed by atoms with E-state index in [0.717, 1.165) is 11.4 Å². The molecular formula is C14H27ClN2O4. The van der Waals surface area contributed by atoms with Crippen LogP contribution in [0.1, 0.15) is 59.8 Å². The van der Waals surface area contributed by atoms with E-state index in [1.807, 2.05) is 6.92 Å². The maximum atomic E-state index is 8.60. The number of hydrogen-bond donors (Lipinski definition) is 2. The molecule has 0 aromatic carbocycles. The van der Waals surface area contributed by atoms with Gasteiger partial charge < -0.3 is 5.32 Å². The van der Waals surface area contributed by atoms with Crippen molar-refractivity contribution in [3.8, 4) is 0 Å². The Kier molecular flexibility index (Phi) is 8.43. The first-order valence-electron chi connectivity index (χ1n) is 7.03. The summed E-state index contributed by atoms with van der Waals surface area (Å²) in [4.78, 5) is 4.83. The van der Waals surface area contributed by atoms with Gasteiger partial charge in [0, 0.05) is 5.54 Å². The molecule has 1 aliphatic rings. The normalized spacial score (nSPS) is 17.8. The zero-order chi connectivity index (χ0) is 16.7. The highest BCUT2D eigenvalue weighted by Crippen LogP contribution is 2.21. The van der Waals surface area contributed by atoms with Gasteiger partial charge in [-0.2, -0.15) is 14.0 Å². The van der Waals surface area contributed by atoms with E-state index in [4.69, 9.17) is 23.6 Å². The minimum absolute atomic E-state index is 0.0620. The molecule has 21 heavy (non-hydrogen) atoms. The molecule has 1 aliphatic carbocycles. The van der Waals surface area contributed by atoms with Gasteiger partial charge in [0.2, 0.25) is 0 Å². The monoisotopic (exact) mass is 322 g/mol. The molecular weight excluding hydrogens is 296 g/mol. The van der Waals surface area contributed by atoms with Crippen molar-refractivity contribution in [1.82, 2.24) is 5.32 Å². The van der Waals surface area contributed by atoms with Crippen molar-refractivity contribution in [1.29, 1.82) is 0 Å². The topological polar surface area (TPSA) is 114 Å². The summed E-state index contributed by atoms with van der Waals surface area (Å²) in [6.45, 7) is 12.5. The second kappa shape index (κ2) is 8.70. The smallest absolute Gasteiger partial charge is 0.123 e. The molecule has 7 heteroatoms. The van der Waals surface area contributed by atoms with Gasteiger partial charge in [0.15, 0.2) is 0 Å². The lowest BCUT2D eigenvalue weighted by atomic mass is 9.96. The molecule has 0 bridgehead atoms. The lowest BCUT2D eigenvalue weighted by molar-refractivity contribution is -1.92. The van der Waals surface area contributed by atoms with Crippen molar-refractivity contribution < 1.29 is 28.9 Å². The largest absolute Gasteiger partial charge is 0.366 e. The molecule has 0 amide bonds. The molecule has 1 saturated carbocycles. The Morgan fingerprint density at radius 2 is 1.62 bits per heavy atom. The van der Waals surface area contributed by atoms with Crippen molar-refractivity contribution in [3.05, 3.63) is 12.2 Å². The predicted molar refractivity (Wildman–Crippen MR) is 74.2 cm³/mol. The van der Waals surface area contributed by atoms with Crippen LogP contribution in [0.25, 0.3) is 0 Å². The average Bonchev–Trinajstić information content (AvgIpc) is 2.25. The first-order chi connectivity index (χ1) is 9.38. The molecule has 124 valence electrons. The highest BCUT2D eigenvalue weighted by Gasteiger charge is 2.16. The van der Waals surface area contributed by atoms with Crippen molar-refractivity contribution in [3.63, 3.8) is 0 Å². The van der Waals surface area contributed by atoms with Gasteiger partial charge in [-0.1, -0.05) is 25.8 Å². The molecule has 0 heterocycles. The average molecular weight is 323 g/mol. The third-order valence-corrected chi connectivity index (χ3v) is 2.78. The molecule has 0 aromatic rings. The van der Waals surface area contributed by atoms with Crippen LogP contribution in [0.15, 0.2) is 17.1 Å². The minimum Gasteiger partial charge on any atom is -0.366 e. The van der Waals surface area contributed by atoms with Crippen LogP contribution in [0.4, 0.5) is 0 Å². The summed E-state index contributed by atoms with van der Waals surface area (Å²) in [6.07, 6.45) is 6.51. The standard InChI is InChI=1S/C14H26N2.ClHO4/c1-11(2)13(16-14(3,4)5)15-12-9-7-6-8-10-12;2-1(3,4)5/h12H,1,6-10H2,2-5H3,(H,15,16);(H,2,3,4,5). The third kappa shape index (κ3) is 14.1. The van der Waals surface area contributed by atoms with Crippen molar-refractivity contribution >= 4 is 5.84 Å². The van der Waals surface area contributed by atoms with Crippen LogP contribution in [0.2, 0.25) is 0 Å². The van der Waals surface area contributed by atoms with Gasteiger partial charge in [0.1, 0.15) is 5.84 Å². The molecule has 0 spiro atoms. The minimum atomic E-state index is -4.69. The fraction of sp³-hybridized carbons (Fsp3) is 0.786. The molecule has 0 radical (unpaired) electrons. The van der Waals surface area contributed by atoms with Crippen molar-refractivity contribution in [2.45, 2.75) is 71.4 Å². The third-order valence-electron chi connectivity index (χ3n) is 2.78. The summed E-state index contributed by atoms with van der Waals surface area (Å²) in [5.41, 5.74) is 1.10. The van der Waals surface area contributed by atoms with Crippen LogP contribution in [-0.2, 0) is 0 Å². The van der Waals surface area contributed by atoms with Crippen molar-refractivity contribution in [2.24, 2.45) is 4.99 Å². The fourth-order valence-corrected chi connectivity index (χ4v) is 2.00. The van der Waals surface area contributed by atoms with Gasteiger partial charge in [-0.25, -0.2) is 0 Å². The summed E-state index contributed by atoms with van der Waals surface area (Å²) in [7, 11) is -4.69. The summed E-state index contributed by atoms with van der Waals surface area (Å²) in [5, 5.41) is 3.45. The molecule has 6 nitrogen and oxygen atoms in total. The zero-order valence-electron chi connectivity index (χ0n) is 13.3. The quantitative estimate of drug-likeness (QED) is 0.528. The maximum absolute atomic E-state index is 8.60. The number of hydrogen-bond acceptors (Lipinski definition) is 5. The van der Waals surface area contributed by atoms with Gasteiger partial charge in [-0.05, 0) is 46.1 Å². The SMILES string of the molecule is C=C(C)C(=NC1CCCCC1)NC(C)(C)C.[O-][Cl+3]([O-])([O-])O. The maximum Gasteiger partial charge on any atom is 0.123 e. The summed E-state index contributed by atoms with van der Waals surface area (Å²) >= 11 is 0. The van der Waals surface area contributed by atoms with E-state index in [2.05, 4.69) is 32.7 Å². The number of nitrogens with zero attached hydrogens (tertiary/aromatic N) is 1. The van der Waals surface area contributed by atoms with Gasteiger partial charge >= 0.3 is 0 Å². The Balaban J connectivity index is 0.000000690. The van der Waals surface area contributed by atoms with Crippen LogP contribution in [0.3, 0.4) is 0 Å². The van der Waals surface area contributed by atoms with Gasteiger partial charge in [0.05, 0.1) is 20.9 Å². The summed E-state index contributed by atoms with van der Waals surface area (Å²) in [6, 6.07) is 0.510. The molecule has 0 atom stereocenters. The lowest BCUT2D eigenvalue weighted by Gasteiger charge is -2.26. The first kappa shape index (κ1) is 20.3. The van der Waals surface area contributed by atoms with E-state index >= 15 is 0 Å². The first-order valence-corrected chi connectivity index (χ1v) is 8.30. The highest BCUT2D eigenvalue weighted by molar-refractivity contribution is 5.97. The number of nitrogens with one attached hydrogen (secondary N) is 1. The number of aliphatic imine (C=N–C) groups is 1. The van der Waals surface area contributed by atoms with Crippen LogP contribution < -0.4 is 19.3 Å². The molecule has 1 rings (SSSR count). The number of halogens is 1. The Bertz CT molecular complexity index is 347. The van der Waals surface area contributed by atoms with Gasteiger partial charge in [-0.3, -0.25) is 4.99 Å². The van der Waals surface area contributed by atoms with Crippen molar-refractivity contribution in [2.75, 3.05) is 0 Å². The van der Waals surface area contributed by atoms with E-state index in [1.54, 1.807) is 0 Å². The van der Waals surface area contributed by atoms with Crippen LogP contribution in [-0.4, -0.2) is 22.1 Å². The predicted octanol–water partition coefficient (Wildman–Crippen LogP) is -0.442. The molecule has 2 N–H and O–H groups in total. The van der Waals surface area contributed by atoms with Gasteiger partial charge in [-0.15, -0.1) is 0 Å². The molecule has 0 saturated heterocycles. The molecule has 1 fully saturated rings. The number of rotatable bonds is 2. The van der Waals surface area contributed by atoms with Crippen LogP contribution in [0, 0.1) is 10.2 Å². The summed E-state index contributed by atoms with van der Waals surface area (Å²) in [5.74, 6) is 0.999. The van der Waals surface area contributed by atoms with E-state index in [1.165, 1.54) is 32.1 Å². The Morgan fingerprint density at radius 1 is 1.19 bits per heavy atom. The second-order valence-electron chi connectivity index (χ2n) is 6.32. The van der Waals surface area contributed by atoms with E-state index < -0.39 is 10.2 Å². The zero-order valence-corrected chi connectivity index (χ0v) is 14.1. The molecule has 0 aromatic heterocycles. The van der Waals surface area contributed by atoms with E-state index in [0.29, 0.717) is 6.04 Å². The van der Waals surface area contributed by atoms with Crippen LogP contribution >= 0.6 is 0 Å². The van der Waals surface area contributed by atoms with E-state index in [9.17, 15) is 0 Å². The van der Waals surface area contributed by atoms with Gasteiger partial charge in [0.25, 0.3) is 0 Å². The second-order valence-corrected chi connectivity index (χ2v) is 7.11. The van der Waals surface area contributed by atoms with Crippen LogP contribution in [0.5, 0.6) is 0 Å². The Labute approximate surface area is 129 Å². The Morgan fingerprint density at radius 3 is 1.95 bits per heavy atom. The summed E-state index contributed by atoms with van der Waals surface area (Å²) < 4.78 is 32.7. The molecule has 0 aliphatic heterocycles. The van der Waals surface area contributed by atoms with E-state index in [-0.39, 0.29) is 5.54 Å². The Hall–Kier alpha value is -0.660. The molecule has 0 unspecified atom stereocenters. The lowest BCUT2D eigenvalue weighted by Crippen LogP contribution is -2.58. The number of amidine groups is 1. The highest BCUT2D eigenvalue weighted by atomic mass is 35.7.